The Morgan fingerprint density at radius 1 is 1.23 bits per heavy atom. The van der Waals surface area contributed by atoms with Crippen molar-refractivity contribution in [1.82, 2.24) is 5.32 Å². The van der Waals surface area contributed by atoms with Crippen LogP contribution in [0.3, 0.4) is 0 Å². The van der Waals surface area contributed by atoms with Crippen LogP contribution < -0.4 is 10.6 Å². The lowest BCUT2D eigenvalue weighted by molar-refractivity contribution is 0.433. The Balaban J connectivity index is 2.11. The minimum atomic E-state index is 0.261. The fraction of sp³-hybridized carbons (Fsp3) is 0.455. The smallest absolute Gasteiger partial charge is 0.0630 e. The molecule has 68 valence electrons. The molecular formula is C11H14N2. The summed E-state index contributed by atoms with van der Waals surface area (Å²) >= 11 is 0. The van der Waals surface area contributed by atoms with Crippen molar-refractivity contribution in [2.75, 3.05) is 18.4 Å². The maximum atomic E-state index is 3.63. The minimum absolute atomic E-state index is 0.261. The molecule has 0 aromatic heterocycles. The Hall–Kier alpha value is -1.02. The molecule has 0 amide bonds. The number of hydrogen-bond acceptors (Lipinski definition) is 2. The van der Waals surface area contributed by atoms with E-state index in [0.717, 1.165) is 13.1 Å². The molecule has 1 aromatic carbocycles. The van der Waals surface area contributed by atoms with Crippen molar-refractivity contribution in [3.63, 3.8) is 0 Å². The summed E-state index contributed by atoms with van der Waals surface area (Å²) in [7, 11) is 0. The summed E-state index contributed by atoms with van der Waals surface area (Å²) in [5, 5.41) is 7.10. The molecule has 3 rings (SSSR count). The van der Waals surface area contributed by atoms with Gasteiger partial charge in [-0.15, -0.1) is 0 Å². The molecule has 0 radical (unpaired) electrons. The van der Waals surface area contributed by atoms with Gasteiger partial charge in [0.25, 0.3) is 0 Å². The van der Waals surface area contributed by atoms with E-state index in [2.05, 4.69) is 34.9 Å². The average molecular weight is 174 g/mol. The molecule has 13 heavy (non-hydrogen) atoms. The van der Waals surface area contributed by atoms with Crippen molar-refractivity contribution in [3.05, 3.63) is 29.8 Å². The third-order valence-electron chi connectivity index (χ3n) is 3.27. The normalized spacial score (nSPS) is 30.5. The van der Waals surface area contributed by atoms with Crippen molar-refractivity contribution in [1.29, 1.82) is 0 Å². The molecule has 2 aliphatic rings. The van der Waals surface area contributed by atoms with Gasteiger partial charge in [0, 0.05) is 12.2 Å². The summed E-state index contributed by atoms with van der Waals surface area (Å²) in [5.74, 6) is 0. The van der Waals surface area contributed by atoms with Crippen molar-refractivity contribution >= 4 is 5.69 Å². The Labute approximate surface area is 78.3 Å². The molecule has 2 nitrogen and oxygen atoms in total. The van der Waals surface area contributed by atoms with Gasteiger partial charge in [-0.05, 0) is 31.0 Å². The summed E-state index contributed by atoms with van der Waals surface area (Å²) in [6, 6.07) is 8.64. The SMILES string of the molecule is c1ccc2c(c1)NCC21CCCN1. The molecule has 2 heteroatoms. The molecule has 2 aliphatic heterocycles. The first-order chi connectivity index (χ1) is 6.41. The van der Waals surface area contributed by atoms with E-state index in [4.69, 9.17) is 0 Å². The topological polar surface area (TPSA) is 24.1 Å². The van der Waals surface area contributed by atoms with E-state index >= 15 is 0 Å². The van der Waals surface area contributed by atoms with Crippen molar-refractivity contribution in [2.24, 2.45) is 0 Å². The summed E-state index contributed by atoms with van der Waals surface area (Å²) in [6.45, 7) is 2.22. The van der Waals surface area contributed by atoms with Crippen LogP contribution >= 0.6 is 0 Å². The van der Waals surface area contributed by atoms with Crippen LogP contribution in [0.4, 0.5) is 5.69 Å². The fourth-order valence-electron chi connectivity index (χ4n) is 2.58. The highest BCUT2D eigenvalue weighted by Gasteiger charge is 2.40. The van der Waals surface area contributed by atoms with E-state index in [0.29, 0.717) is 0 Å². The second kappa shape index (κ2) is 2.48. The standard InChI is InChI=1S/C11H14N2/c1-2-5-10-9(4-1)11(8-12-10)6-3-7-13-11/h1-2,4-5,12-13H,3,6-8H2. The number of para-hydroxylation sites is 1. The highest BCUT2D eigenvalue weighted by atomic mass is 15.1. The van der Waals surface area contributed by atoms with Gasteiger partial charge in [0.15, 0.2) is 0 Å². The zero-order valence-electron chi connectivity index (χ0n) is 7.64. The van der Waals surface area contributed by atoms with E-state index in [1.807, 2.05) is 0 Å². The van der Waals surface area contributed by atoms with Crippen LogP contribution in [0.2, 0.25) is 0 Å². The van der Waals surface area contributed by atoms with Gasteiger partial charge < -0.3 is 10.6 Å². The molecule has 2 N–H and O–H groups in total. The summed E-state index contributed by atoms with van der Waals surface area (Å²) in [5.41, 5.74) is 3.04. The Bertz CT molecular complexity index is 327. The lowest BCUT2D eigenvalue weighted by Crippen LogP contribution is -2.38. The molecule has 1 fully saturated rings. The first-order valence-electron chi connectivity index (χ1n) is 4.99. The third-order valence-corrected chi connectivity index (χ3v) is 3.27. The minimum Gasteiger partial charge on any atom is -0.383 e. The number of rotatable bonds is 0. The monoisotopic (exact) mass is 174 g/mol. The van der Waals surface area contributed by atoms with Crippen LogP contribution in [0.1, 0.15) is 18.4 Å². The lowest BCUT2D eigenvalue weighted by atomic mass is 9.91. The van der Waals surface area contributed by atoms with Crippen molar-refractivity contribution < 1.29 is 0 Å². The third kappa shape index (κ3) is 0.923. The number of benzene rings is 1. The van der Waals surface area contributed by atoms with Crippen LogP contribution in [0, 0.1) is 0 Å². The predicted octanol–water partition coefficient (Wildman–Crippen LogP) is 1.69. The number of anilines is 1. The van der Waals surface area contributed by atoms with E-state index in [-0.39, 0.29) is 5.54 Å². The zero-order chi connectivity index (χ0) is 8.73. The average Bonchev–Trinajstić information content (AvgIpc) is 2.78. The van der Waals surface area contributed by atoms with Crippen molar-refractivity contribution in [3.8, 4) is 0 Å². The molecule has 0 bridgehead atoms. The molecule has 0 aliphatic carbocycles. The van der Waals surface area contributed by atoms with Gasteiger partial charge in [0.1, 0.15) is 0 Å². The maximum Gasteiger partial charge on any atom is 0.0630 e. The van der Waals surface area contributed by atoms with Gasteiger partial charge in [0.05, 0.1) is 5.54 Å². The van der Waals surface area contributed by atoms with Gasteiger partial charge in [-0.3, -0.25) is 0 Å². The number of nitrogens with one attached hydrogen (secondary N) is 2. The van der Waals surface area contributed by atoms with Crippen LogP contribution in [0.15, 0.2) is 24.3 Å². The van der Waals surface area contributed by atoms with Gasteiger partial charge in [-0.2, -0.15) is 0 Å². The molecule has 2 heterocycles. The van der Waals surface area contributed by atoms with Gasteiger partial charge in [-0.1, -0.05) is 18.2 Å². The molecule has 0 saturated carbocycles. The largest absolute Gasteiger partial charge is 0.383 e. The van der Waals surface area contributed by atoms with Crippen LogP contribution in [0.25, 0.3) is 0 Å². The Morgan fingerprint density at radius 3 is 3.00 bits per heavy atom. The second-order valence-corrected chi connectivity index (χ2v) is 4.01. The molecule has 1 spiro atoms. The zero-order valence-corrected chi connectivity index (χ0v) is 7.64. The lowest BCUT2D eigenvalue weighted by Gasteiger charge is -2.23. The quantitative estimate of drug-likeness (QED) is 0.625. The highest BCUT2D eigenvalue weighted by Crippen LogP contribution is 2.40. The first-order valence-corrected chi connectivity index (χ1v) is 4.99. The molecule has 1 aromatic rings. The van der Waals surface area contributed by atoms with Gasteiger partial charge >= 0.3 is 0 Å². The highest BCUT2D eigenvalue weighted by molar-refractivity contribution is 5.60. The summed E-state index contributed by atoms with van der Waals surface area (Å²) in [6.07, 6.45) is 2.58. The predicted molar refractivity (Wildman–Crippen MR) is 53.8 cm³/mol. The number of fused-ring (bicyclic) bond motifs is 2. The maximum absolute atomic E-state index is 3.63. The van der Waals surface area contributed by atoms with E-state index in [1.165, 1.54) is 24.1 Å². The van der Waals surface area contributed by atoms with Crippen LogP contribution in [-0.2, 0) is 5.54 Å². The fourth-order valence-corrected chi connectivity index (χ4v) is 2.58. The summed E-state index contributed by atoms with van der Waals surface area (Å²) in [4.78, 5) is 0. The first kappa shape index (κ1) is 7.39. The molecule has 1 saturated heterocycles. The van der Waals surface area contributed by atoms with Crippen molar-refractivity contribution in [2.45, 2.75) is 18.4 Å². The van der Waals surface area contributed by atoms with E-state index in [1.54, 1.807) is 0 Å². The Kier molecular flexibility index (Phi) is 1.41. The van der Waals surface area contributed by atoms with Gasteiger partial charge in [-0.25, -0.2) is 0 Å². The molecule has 1 unspecified atom stereocenters. The van der Waals surface area contributed by atoms with Crippen LogP contribution in [0.5, 0.6) is 0 Å². The van der Waals surface area contributed by atoms with Gasteiger partial charge in [0.2, 0.25) is 0 Å². The second-order valence-electron chi connectivity index (χ2n) is 4.01. The molecular weight excluding hydrogens is 160 g/mol. The van der Waals surface area contributed by atoms with E-state index in [9.17, 15) is 0 Å². The van der Waals surface area contributed by atoms with E-state index < -0.39 is 0 Å². The summed E-state index contributed by atoms with van der Waals surface area (Å²) < 4.78 is 0. The van der Waals surface area contributed by atoms with Crippen LogP contribution in [-0.4, -0.2) is 13.1 Å². The number of hydrogen-bond donors (Lipinski definition) is 2. The molecule has 1 atom stereocenters. The Morgan fingerprint density at radius 2 is 2.15 bits per heavy atom.